The van der Waals surface area contributed by atoms with Crippen molar-refractivity contribution in [1.82, 2.24) is 4.90 Å². The van der Waals surface area contributed by atoms with Crippen molar-refractivity contribution in [2.45, 2.75) is 38.6 Å². The number of likely N-dealkylation sites (tertiary alicyclic amines) is 1. The van der Waals surface area contributed by atoms with Gasteiger partial charge in [-0.05, 0) is 43.4 Å². The van der Waals surface area contributed by atoms with Crippen LogP contribution in [0.3, 0.4) is 0 Å². The zero-order chi connectivity index (χ0) is 15.5. The summed E-state index contributed by atoms with van der Waals surface area (Å²) in [5, 5.41) is 9.49. The molecule has 4 heteroatoms. The average molecular weight is 287 g/mol. The third-order valence-electron chi connectivity index (χ3n) is 4.33. The average Bonchev–Trinajstić information content (AvgIpc) is 2.91. The standard InChI is InChI=1S/C17H21NO3/c1-3-17(16(20)21)11-6-12-18(17)15(19)10-9-14-8-5-4-7-13(14)2/h4-5,7-10H,3,6,11-12H2,1-2H3,(H,20,21)/b10-9+. The van der Waals surface area contributed by atoms with E-state index in [1.54, 1.807) is 6.08 Å². The fraction of sp³-hybridized carbons (Fsp3) is 0.412. The maximum Gasteiger partial charge on any atom is 0.329 e. The molecule has 2 rings (SSSR count). The van der Waals surface area contributed by atoms with Crippen molar-refractivity contribution in [3.63, 3.8) is 0 Å². The number of carbonyl (C=O) groups excluding carboxylic acids is 1. The largest absolute Gasteiger partial charge is 0.479 e. The van der Waals surface area contributed by atoms with Gasteiger partial charge >= 0.3 is 5.97 Å². The number of rotatable bonds is 4. The Hall–Kier alpha value is -2.10. The maximum absolute atomic E-state index is 12.4. The molecule has 1 unspecified atom stereocenters. The third-order valence-corrected chi connectivity index (χ3v) is 4.33. The second-order valence-corrected chi connectivity index (χ2v) is 5.47. The normalized spacial score (nSPS) is 21.9. The zero-order valence-corrected chi connectivity index (χ0v) is 12.5. The summed E-state index contributed by atoms with van der Waals surface area (Å²) in [6.07, 6.45) is 4.96. The molecule has 0 aromatic heterocycles. The van der Waals surface area contributed by atoms with Crippen LogP contribution in [-0.2, 0) is 9.59 Å². The zero-order valence-electron chi connectivity index (χ0n) is 12.5. The lowest BCUT2D eigenvalue weighted by atomic mass is 9.93. The summed E-state index contributed by atoms with van der Waals surface area (Å²) in [6.45, 7) is 4.31. The Labute approximate surface area is 125 Å². The maximum atomic E-state index is 12.4. The molecule has 1 fully saturated rings. The van der Waals surface area contributed by atoms with Crippen molar-refractivity contribution >= 4 is 18.0 Å². The van der Waals surface area contributed by atoms with Crippen LogP contribution in [0.4, 0.5) is 0 Å². The molecule has 1 aliphatic heterocycles. The quantitative estimate of drug-likeness (QED) is 0.866. The Morgan fingerprint density at radius 1 is 1.38 bits per heavy atom. The number of carboxylic acid groups (broad SMARTS) is 1. The fourth-order valence-electron chi connectivity index (χ4n) is 2.97. The van der Waals surface area contributed by atoms with Crippen LogP contribution < -0.4 is 0 Å². The SMILES string of the molecule is CCC1(C(=O)O)CCCN1C(=O)/C=C/c1ccccc1C. The van der Waals surface area contributed by atoms with Gasteiger partial charge in [0, 0.05) is 12.6 Å². The number of nitrogens with zero attached hydrogens (tertiary/aromatic N) is 1. The highest BCUT2D eigenvalue weighted by Crippen LogP contribution is 2.33. The first-order valence-electron chi connectivity index (χ1n) is 7.30. The highest BCUT2D eigenvalue weighted by atomic mass is 16.4. The van der Waals surface area contributed by atoms with Gasteiger partial charge in [0.25, 0.3) is 0 Å². The van der Waals surface area contributed by atoms with Crippen LogP contribution in [0.2, 0.25) is 0 Å². The molecule has 0 saturated carbocycles. The topological polar surface area (TPSA) is 57.6 Å². The number of benzene rings is 1. The Morgan fingerprint density at radius 2 is 2.10 bits per heavy atom. The van der Waals surface area contributed by atoms with Crippen molar-refractivity contribution < 1.29 is 14.7 Å². The van der Waals surface area contributed by atoms with Crippen molar-refractivity contribution in [2.75, 3.05) is 6.54 Å². The van der Waals surface area contributed by atoms with Gasteiger partial charge in [0.2, 0.25) is 5.91 Å². The molecule has 21 heavy (non-hydrogen) atoms. The lowest BCUT2D eigenvalue weighted by molar-refractivity contribution is -0.155. The van der Waals surface area contributed by atoms with Gasteiger partial charge in [0.1, 0.15) is 5.54 Å². The number of carbonyl (C=O) groups is 2. The molecule has 1 N–H and O–H groups in total. The van der Waals surface area contributed by atoms with E-state index in [1.165, 1.54) is 11.0 Å². The molecule has 0 spiro atoms. The van der Waals surface area contributed by atoms with Crippen LogP contribution in [0.1, 0.15) is 37.3 Å². The van der Waals surface area contributed by atoms with Gasteiger partial charge < -0.3 is 10.0 Å². The Kier molecular flexibility index (Phi) is 4.46. The van der Waals surface area contributed by atoms with E-state index < -0.39 is 11.5 Å². The first kappa shape index (κ1) is 15.3. The van der Waals surface area contributed by atoms with Crippen molar-refractivity contribution in [2.24, 2.45) is 0 Å². The minimum absolute atomic E-state index is 0.222. The summed E-state index contributed by atoms with van der Waals surface area (Å²) < 4.78 is 0. The monoisotopic (exact) mass is 287 g/mol. The van der Waals surface area contributed by atoms with E-state index in [-0.39, 0.29) is 5.91 Å². The van der Waals surface area contributed by atoms with Gasteiger partial charge in [-0.3, -0.25) is 4.79 Å². The molecule has 1 aromatic rings. The third kappa shape index (κ3) is 2.84. The lowest BCUT2D eigenvalue weighted by Gasteiger charge is -2.33. The molecule has 1 saturated heterocycles. The molecule has 1 heterocycles. The highest BCUT2D eigenvalue weighted by Gasteiger charge is 2.47. The molecule has 1 aliphatic rings. The summed E-state index contributed by atoms with van der Waals surface area (Å²) in [5.74, 6) is -1.12. The van der Waals surface area contributed by atoms with Crippen LogP contribution in [0, 0.1) is 6.92 Å². The Morgan fingerprint density at radius 3 is 2.71 bits per heavy atom. The van der Waals surface area contributed by atoms with Crippen LogP contribution in [-0.4, -0.2) is 34.0 Å². The van der Waals surface area contributed by atoms with E-state index in [4.69, 9.17) is 0 Å². The first-order valence-corrected chi connectivity index (χ1v) is 7.30. The summed E-state index contributed by atoms with van der Waals surface area (Å²) in [6, 6.07) is 7.78. The van der Waals surface area contributed by atoms with Crippen molar-refractivity contribution in [1.29, 1.82) is 0 Å². The van der Waals surface area contributed by atoms with Crippen LogP contribution >= 0.6 is 0 Å². The van der Waals surface area contributed by atoms with E-state index in [0.29, 0.717) is 19.4 Å². The molecule has 1 atom stereocenters. The number of hydrogen-bond donors (Lipinski definition) is 1. The van der Waals surface area contributed by atoms with E-state index >= 15 is 0 Å². The first-order chi connectivity index (χ1) is 10.0. The summed E-state index contributed by atoms with van der Waals surface area (Å²) in [7, 11) is 0. The van der Waals surface area contributed by atoms with E-state index in [0.717, 1.165) is 17.5 Å². The minimum Gasteiger partial charge on any atom is -0.479 e. The molecular weight excluding hydrogens is 266 g/mol. The van der Waals surface area contributed by atoms with Crippen LogP contribution in [0.25, 0.3) is 6.08 Å². The van der Waals surface area contributed by atoms with Crippen LogP contribution in [0.5, 0.6) is 0 Å². The summed E-state index contributed by atoms with van der Waals surface area (Å²) in [4.78, 5) is 25.5. The summed E-state index contributed by atoms with van der Waals surface area (Å²) in [5.41, 5.74) is 1.03. The molecule has 0 aliphatic carbocycles. The number of aryl methyl sites for hydroxylation is 1. The second-order valence-electron chi connectivity index (χ2n) is 5.47. The van der Waals surface area contributed by atoms with Gasteiger partial charge in [0.05, 0.1) is 0 Å². The predicted octanol–water partition coefficient (Wildman–Crippen LogP) is 2.86. The Balaban J connectivity index is 2.20. The van der Waals surface area contributed by atoms with E-state index in [2.05, 4.69) is 0 Å². The van der Waals surface area contributed by atoms with Gasteiger partial charge in [-0.25, -0.2) is 4.79 Å². The molecule has 1 amide bonds. The predicted molar refractivity (Wildman–Crippen MR) is 81.8 cm³/mol. The molecular formula is C17H21NO3. The number of amides is 1. The number of carboxylic acids is 1. The fourth-order valence-corrected chi connectivity index (χ4v) is 2.97. The van der Waals surface area contributed by atoms with Gasteiger partial charge in [-0.15, -0.1) is 0 Å². The molecule has 0 bridgehead atoms. The van der Waals surface area contributed by atoms with Crippen molar-refractivity contribution in [3.05, 3.63) is 41.5 Å². The molecule has 1 aromatic carbocycles. The van der Waals surface area contributed by atoms with Gasteiger partial charge in [-0.2, -0.15) is 0 Å². The van der Waals surface area contributed by atoms with Gasteiger partial charge in [-0.1, -0.05) is 31.2 Å². The number of aliphatic carboxylic acids is 1. The van der Waals surface area contributed by atoms with E-state index in [9.17, 15) is 14.7 Å². The molecule has 4 nitrogen and oxygen atoms in total. The lowest BCUT2D eigenvalue weighted by Crippen LogP contribution is -2.52. The van der Waals surface area contributed by atoms with Crippen LogP contribution in [0.15, 0.2) is 30.3 Å². The molecule has 0 radical (unpaired) electrons. The van der Waals surface area contributed by atoms with Crippen molar-refractivity contribution in [3.8, 4) is 0 Å². The Bertz CT molecular complexity index is 579. The highest BCUT2D eigenvalue weighted by molar-refractivity contribution is 5.96. The smallest absolute Gasteiger partial charge is 0.329 e. The molecule has 112 valence electrons. The van der Waals surface area contributed by atoms with Gasteiger partial charge in [0.15, 0.2) is 0 Å². The minimum atomic E-state index is -1.03. The summed E-state index contributed by atoms with van der Waals surface area (Å²) >= 11 is 0. The second kappa shape index (κ2) is 6.12. The van der Waals surface area contributed by atoms with E-state index in [1.807, 2.05) is 38.1 Å². The number of hydrogen-bond acceptors (Lipinski definition) is 2.